The van der Waals surface area contributed by atoms with Crippen LogP contribution in [0, 0.1) is 0 Å². The number of unbranched alkanes of at least 4 members (excludes halogenated alkanes) is 1. The van der Waals surface area contributed by atoms with Crippen LogP contribution in [0.4, 0.5) is 0 Å². The van der Waals surface area contributed by atoms with E-state index in [4.69, 9.17) is 10.1 Å². The molecule has 1 aliphatic carbocycles. The molecule has 1 fully saturated rings. The Balaban J connectivity index is 1.38. The molecular formula is C25H30N8. The van der Waals surface area contributed by atoms with Crippen LogP contribution in [0.2, 0.25) is 0 Å². The minimum absolute atomic E-state index is 0.524. The van der Waals surface area contributed by atoms with Crippen LogP contribution in [0.3, 0.4) is 0 Å². The smallest absolute Gasteiger partial charge is 0.181 e. The standard InChI is InChI=1S/C25H30N8/c1-2-3-11-22-27-24(20-8-5-4-6-9-20)30-33(22)17-18-12-14-19(15-13-18)23-21(10-7-16-26-23)25-28-31-32-29-25/h7,10,12-16,20H,2-6,8-9,11,17H2,1H3,(H,28,29,31,32). The highest BCUT2D eigenvalue weighted by atomic mass is 15.5. The number of aromatic nitrogens is 8. The lowest BCUT2D eigenvalue weighted by molar-refractivity contribution is 0.426. The molecule has 0 saturated heterocycles. The number of hydrogen-bond acceptors (Lipinski definition) is 6. The molecule has 1 saturated carbocycles. The molecular weight excluding hydrogens is 412 g/mol. The van der Waals surface area contributed by atoms with E-state index < -0.39 is 0 Å². The number of H-pyrrole nitrogens is 1. The van der Waals surface area contributed by atoms with Crippen molar-refractivity contribution in [3.8, 4) is 22.6 Å². The molecule has 3 heterocycles. The molecule has 1 aromatic carbocycles. The Morgan fingerprint density at radius 3 is 2.67 bits per heavy atom. The maximum absolute atomic E-state index is 4.99. The molecule has 8 nitrogen and oxygen atoms in total. The summed E-state index contributed by atoms with van der Waals surface area (Å²) in [6, 6.07) is 12.4. The van der Waals surface area contributed by atoms with Gasteiger partial charge < -0.3 is 0 Å². The number of pyridine rings is 1. The molecule has 1 aliphatic rings. The van der Waals surface area contributed by atoms with Crippen molar-refractivity contribution < 1.29 is 0 Å². The van der Waals surface area contributed by atoms with E-state index >= 15 is 0 Å². The normalized spacial score (nSPS) is 14.6. The Labute approximate surface area is 193 Å². The van der Waals surface area contributed by atoms with Gasteiger partial charge in [-0.15, -0.1) is 5.10 Å². The monoisotopic (exact) mass is 442 g/mol. The quantitative estimate of drug-likeness (QED) is 0.414. The minimum Gasteiger partial charge on any atom is -0.255 e. The molecule has 0 radical (unpaired) electrons. The van der Waals surface area contributed by atoms with E-state index in [1.54, 1.807) is 6.20 Å². The summed E-state index contributed by atoms with van der Waals surface area (Å²) < 4.78 is 2.13. The predicted octanol–water partition coefficient (Wildman–Crippen LogP) is 4.96. The first kappa shape index (κ1) is 21.4. The highest BCUT2D eigenvalue weighted by molar-refractivity contribution is 5.76. The van der Waals surface area contributed by atoms with Crippen molar-refractivity contribution in [2.24, 2.45) is 0 Å². The van der Waals surface area contributed by atoms with Gasteiger partial charge in [0.1, 0.15) is 5.82 Å². The molecule has 4 aromatic rings. The van der Waals surface area contributed by atoms with Crippen LogP contribution < -0.4 is 0 Å². The van der Waals surface area contributed by atoms with Gasteiger partial charge in [-0.25, -0.2) is 14.8 Å². The molecule has 8 heteroatoms. The number of rotatable bonds is 8. The zero-order valence-electron chi connectivity index (χ0n) is 19.1. The summed E-state index contributed by atoms with van der Waals surface area (Å²) in [6.07, 6.45) is 11.5. The zero-order chi connectivity index (χ0) is 22.5. The number of aryl methyl sites for hydroxylation is 1. The summed E-state index contributed by atoms with van der Waals surface area (Å²) in [5.41, 5.74) is 3.96. The van der Waals surface area contributed by atoms with Crippen molar-refractivity contribution in [1.82, 2.24) is 40.4 Å². The minimum atomic E-state index is 0.524. The van der Waals surface area contributed by atoms with Gasteiger partial charge in [-0.3, -0.25) is 4.98 Å². The summed E-state index contributed by atoms with van der Waals surface area (Å²) in [7, 11) is 0. The van der Waals surface area contributed by atoms with Gasteiger partial charge in [0, 0.05) is 29.7 Å². The van der Waals surface area contributed by atoms with Crippen molar-refractivity contribution in [2.75, 3.05) is 0 Å². The number of benzene rings is 1. The highest BCUT2D eigenvalue weighted by Gasteiger charge is 2.21. The third kappa shape index (κ3) is 4.84. The molecule has 1 N–H and O–H groups in total. The number of nitrogens with one attached hydrogen (secondary N) is 1. The largest absolute Gasteiger partial charge is 0.255 e. The van der Waals surface area contributed by atoms with Crippen LogP contribution in [-0.4, -0.2) is 40.4 Å². The third-order valence-electron chi connectivity index (χ3n) is 6.46. The average Bonchev–Trinajstić information content (AvgIpc) is 3.54. The first-order chi connectivity index (χ1) is 16.3. The Hall–Kier alpha value is -3.42. The van der Waals surface area contributed by atoms with Gasteiger partial charge >= 0.3 is 0 Å². The molecule has 170 valence electrons. The predicted molar refractivity (Wildman–Crippen MR) is 126 cm³/mol. The van der Waals surface area contributed by atoms with Crippen LogP contribution >= 0.6 is 0 Å². The molecule has 5 rings (SSSR count). The van der Waals surface area contributed by atoms with Crippen molar-refractivity contribution in [2.45, 2.75) is 70.8 Å². The maximum Gasteiger partial charge on any atom is 0.181 e. The van der Waals surface area contributed by atoms with Crippen LogP contribution in [0.5, 0.6) is 0 Å². The molecule has 33 heavy (non-hydrogen) atoms. The van der Waals surface area contributed by atoms with Crippen LogP contribution in [0.25, 0.3) is 22.6 Å². The average molecular weight is 443 g/mol. The fourth-order valence-electron chi connectivity index (χ4n) is 4.61. The van der Waals surface area contributed by atoms with Gasteiger partial charge in [0.25, 0.3) is 0 Å². The molecule has 0 bridgehead atoms. The molecule has 3 aromatic heterocycles. The van der Waals surface area contributed by atoms with Gasteiger partial charge in [0.05, 0.1) is 12.2 Å². The second kappa shape index (κ2) is 10.0. The van der Waals surface area contributed by atoms with Crippen LogP contribution in [-0.2, 0) is 13.0 Å². The highest BCUT2D eigenvalue weighted by Crippen LogP contribution is 2.31. The fraction of sp³-hybridized carbons (Fsp3) is 0.440. The Morgan fingerprint density at radius 1 is 1.06 bits per heavy atom. The zero-order valence-corrected chi connectivity index (χ0v) is 19.1. The topological polar surface area (TPSA) is 98.1 Å². The fourth-order valence-corrected chi connectivity index (χ4v) is 4.61. The van der Waals surface area contributed by atoms with E-state index in [0.29, 0.717) is 11.7 Å². The van der Waals surface area contributed by atoms with E-state index in [9.17, 15) is 0 Å². The van der Waals surface area contributed by atoms with Crippen molar-refractivity contribution in [1.29, 1.82) is 0 Å². The number of aromatic amines is 1. The third-order valence-corrected chi connectivity index (χ3v) is 6.46. The number of tetrazole rings is 1. The number of nitrogens with zero attached hydrogens (tertiary/aromatic N) is 7. The van der Waals surface area contributed by atoms with Crippen LogP contribution in [0.15, 0.2) is 42.6 Å². The SMILES string of the molecule is CCCCc1nc(C2CCCCC2)nn1Cc1ccc(-c2ncccc2-c2nnn[nH]2)cc1. The lowest BCUT2D eigenvalue weighted by atomic mass is 9.89. The summed E-state index contributed by atoms with van der Waals surface area (Å²) in [4.78, 5) is 9.57. The van der Waals surface area contributed by atoms with E-state index in [0.717, 1.165) is 54.3 Å². The second-order valence-electron chi connectivity index (χ2n) is 8.83. The summed E-state index contributed by atoms with van der Waals surface area (Å²) in [5, 5.41) is 19.2. The Morgan fingerprint density at radius 2 is 1.91 bits per heavy atom. The Bertz CT molecular complexity index is 1160. The van der Waals surface area contributed by atoms with Crippen molar-refractivity contribution in [3.63, 3.8) is 0 Å². The molecule has 0 spiro atoms. The van der Waals surface area contributed by atoms with E-state index in [1.807, 2.05) is 12.1 Å². The molecule has 0 unspecified atom stereocenters. The summed E-state index contributed by atoms with van der Waals surface area (Å²) in [6.45, 7) is 2.96. The Kier molecular flexibility index (Phi) is 6.51. The summed E-state index contributed by atoms with van der Waals surface area (Å²) >= 11 is 0. The molecule has 0 amide bonds. The van der Waals surface area contributed by atoms with Gasteiger partial charge in [0.2, 0.25) is 0 Å². The lowest BCUT2D eigenvalue weighted by Crippen LogP contribution is -2.09. The maximum atomic E-state index is 4.99. The van der Waals surface area contributed by atoms with E-state index in [-0.39, 0.29) is 0 Å². The van der Waals surface area contributed by atoms with Crippen molar-refractivity contribution >= 4 is 0 Å². The first-order valence-electron chi connectivity index (χ1n) is 12.0. The van der Waals surface area contributed by atoms with Gasteiger partial charge in [0.15, 0.2) is 11.6 Å². The van der Waals surface area contributed by atoms with Crippen molar-refractivity contribution in [3.05, 3.63) is 59.8 Å². The van der Waals surface area contributed by atoms with Crippen LogP contribution in [0.1, 0.15) is 75.0 Å². The summed E-state index contributed by atoms with van der Waals surface area (Å²) in [5.74, 6) is 3.30. The van der Waals surface area contributed by atoms with Gasteiger partial charge in [-0.2, -0.15) is 5.10 Å². The van der Waals surface area contributed by atoms with Gasteiger partial charge in [-0.1, -0.05) is 56.9 Å². The van der Waals surface area contributed by atoms with Gasteiger partial charge in [-0.05, 0) is 47.4 Å². The first-order valence-corrected chi connectivity index (χ1v) is 12.0. The van der Waals surface area contributed by atoms with E-state index in [1.165, 1.54) is 37.7 Å². The second-order valence-corrected chi connectivity index (χ2v) is 8.83. The number of hydrogen-bond donors (Lipinski definition) is 1. The molecule has 0 atom stereocenters. The molecule has 0 aliphatic heterocycles. The lowest BCUT2D eigenvalue weighted by Gasteiger charge is -2.18. The van der Waals surface area contributed by atoms with E-state index in [2.05, 4.69) is 61.5 Å².